The normalized spacial score (nSPS) is 22.2. The number of hydrogen-bond donors (Lipinski definition) is 1. The molecule has 0 saturated carbocycles. The zero-order valence-electron chi connectivity index (χ0n) is 7.19. The van der Waals surface area contributed by atoms with Crippen molar-refractivity contribution in [2.24, 2.45) is 0 Å². The molecule has 1 heterocycles. The molecule has 70 valence electrons. The summed E-state index contributed by atoms with van der Waals surface area (Å²) in [5, 5.41) is 3.49. The molecular formula is C10H11Br2N. The molecule has 0 aliphatic carbocycles. The first kappa shape index (κ1) is 9.69. The molecule has 1 aliphatic rings. The van der Waals surface area contributed by atoms with Crippen molar-refractivity contribution in [3.63, 3.8) is 0 Å². The zero-order chi connectivity index (χ0) is 9.26. The molecule has 1 fully saturated rings. The van der Waals surface area contributed by atoms with Crippen molar-refractivity contribution in [2.75, 3.05) is 6.54 Å². The largest absolute Gasteiger partial charge is 0.310 e. The van der Waals surface area contributed by atoms with Gasteiger partial charge in [-0.1, -0.05) is 31.9 Å². The lowest BCUT2D eigenvalue weighted by atomic mass is 10.1. The molecule has 0 bridgehead atoms. The van der Waals surface area contributed by atoms with E-state index in [9.17, 15) is 0 Å². The third-order valence-corrected chi connectivity index (χ3v) is 3.61. The molecule has 1 saturated heterocycles. The summed E-state index contributed by atoms with van der Waals surface area (Å²) in [5.41, 5.74) is 1.37. The Morgan fingerprint density at radius 1 is 1.31 bits per heavy atom. The standard InChI is InChI=1S/C10H11Br2N/c11-7-3-4-9(12)8(6-7)10-2-1-5-13-10/h3-4,6,10,13H,1-2,5H2. The summed E-state index contributed by atoms with van der Waals surface area (Å²) < 4.78 is 2.36. The van der Waals surface area contributed by atoms with Gasteiger partial charge in [-0.25, -0.2) is 0 Å². The molecule has 0 aromatic heterocycles. The Morgan fingerprint density at radius 3 is 2.85 bits per heavy atom. The maximum absolute atomic E-state index is 3.58. The molecule has 0 radical (unpaired) electrons. The van der Waals surface area contributed by atoms with Gasteiger partial charge in [0, 0.05) is 15.0 Å². The van der Waals surface area contributed by atoms with Crippen molar-refractivity contribution < 1.29 is 0 Å². The van der Waals surface area contributed by atoms with E-state index in [0.717, 1.165) is 11.0 Å². The monoisotopic (exact) mass is 303 g/mol. The van der Waals surface area contributed by atoms with Crippen LogP contribution in [-0.4, -0.2) is 6.54 Å². The van der Waals surface area contributed by atoms with Gasteiger partial charge in [0.05, 0.1) is 0 Å². The van der Waals surface area contributed by atoms with Gasteiger partial charge in [-0.05, 0) is 43.1 Å². The van der Waals surface area contributed by atoms with Crippen LogP contribution in [0.5, 0.6) is 0 Å². The number of halogens is 2. The highest BCUT2D eigenvalue weighted by molar-refractivity contribution is 9.11. The van der Waals surface area contributed by atoms with Crippen LogP contribution in [0.2, 0.25) is 0 Å². The fourth-order valence-electron chi connectivity index (χ4n) is 1.73. The first-order valence-electron chi connectivity index (χ1n) is 4.46. The molecular weight excluding hydrogens is 294 g/mol. The van der Waals surface area contributed by atoms with Gasteiger partial charge in [0.15, 0.2) is 0 Å². The third-order valence-electron chi connectivity index (χ3n) is 2.39. The van der Waals surface area contributed by atoms with Gasteiger partial charge in [-0.2, -0.15) is 0 Å². The number of benzene rings is 1. The second-order valence-electron chi connectivity index (χ2n) is 3.31. The van der Waals surface area contributed by atoms with Crippen molar-refractivity contribution in [1.29, 1.82) is 0 Å². The van der Waals surface area contributed by atoms with Crippen molar-refractivity contribution in [1.82, 2.24) is 5.32 Å². The van der Waals surface area contributed by atoms with Crippen LogP contribution in [0.1, 0.15) is 24.4 Å². The molecule has 0 amide bonds. The minimum Gasteiger partial charge on any atom is -0.310 e. The molecule has 1 nitrogen and oxygen atoms in total. The average molecular weight is 305 g/mol. The molecule has 0 spiro atoms. The van der Waals surface area contributed by atoms with Crippen LogP contribution >= 0.6 is 31.9 Å². The highest BCUT2D eigenvalue weighted by Crippen LogP contribution is 2.31. The Labute approximate surface area is 95.2 Å². The van der Waals surface area contributed by atoms with E-state index >= 15 is 0 Å². The topological polar surface area (TPSA) is 12.0 Å². The number of rotatable bonds is 1. The number of nitrogens with one attached hydrogen (secondary N) is 1. The maximum atomic E-state index is 3.58. The molecule has 1 unspecified atom stereocenters. The van der Waals surface area contributed by atoms with E-state index < -0.39 is 0 Å². The highest BCUT2D eigenvalue weighted by atomic mass is 79.9. The predicted octanol–water partition coefficient (Wildman–Crippen LogP) is 3.64. The average Bonchev–Trinajstić information content (AvgIpc) is 2.61. The molecule has 1 aromatic carbocycles. The molecule has 13 heavy (non-hydrogen) atoms. The molecule has 1 atom stereocenters. The van der Waals surface area contributed by atoms with E-state index in [1.54, 1.807) is 0 Å². The lowest BCUT2D eigenvalue weighted by Gasteiger charge is -2.12. The second-order valence-corrected chi connectivity index (χ2v) is 5.08. The van der Waals surface area contributed by atoms with Gasteiger partial charge in [-0.3, -0.25) is 0 Å². The first-order valence-corrected chi connectivity index (χ1v) is 6.04. The highest BCUT2D eigenvalue weighted by Gasteiger charge is 2.18. The quantitative estimate of drug-likeness (QED) is 0.835. The fourth-order valence-corrected chi connectivity index (χ4v) is 2.63. The van der Waals surface area contributed by atoms with Gasteiger partial charge in [-0.15, -0.1) is 0 Å². The molecule has 3 heteroatoms. The first-order chi connectivity index (χ1) is 6.27. The molecule has 2 rings (SSSR count). The summed E-state index contributed by atoms with van der Waals surface area (Å²) in [6, 6.07) is 6.88. The van der Waals surface area contributed by atoms with Gasteiger partial charge >= 0.3 is 0 Å². The summed E-state index contributed by atoms with van der Waals surface area (Å²) in [7, 11) is 0. The summed E-state index contributed by atoms with van der Waals surface area (Å²) in [5.74, 6) is 0. The number of hydrogen-bond acceptors (Lipinski definition) is 1. The van der Waals surface area contributed by atoms with Crippen molar-refractivity contribution in [3.05, 3.63) is 32.7 Å². The predicted molar refractivity (Wildman–Crippen MR) is 61.8 cm³/mol. The molecule has 1 N–H and O–H groups in total. The van der Waals surface area contributed by atoms with Gasteiger partial charge in [0.1, 0.15) is 0 Å². The Hall–Kier alpha value is 0.140. The van der Waals surface area contributed by atoms with Crippen LogP contribution in [0.4, 0.5) is 0 Å². The lowest BCUT2D eigenvalue weighted by molar-refractivity contribution is 0.644. The summed E-state index contributed by atoms with van der Waals surface area (Å²) in [4.78, 5) is 0. The van der Waals surface area contributed by atoms with E-state index in [1.165, 1.54) is 22.9 Å². The lowest BCUT2D eigenvalue weighted by Crippen LogP contribution is -2.13. The Morgan fingerprint density at radius 2 is 2.15 bits per heavy atom. The van der Waals surface area contributed by atoms with Gasteiger partial charge < -0.3 is 5.32 Å². The van der Waals surface area contributed by atoms with Crippen molar-refractivity contribution in [2.45, 2.75) is 18.9 Å². The minimum absolute atomic E-state index is 0.534. The van der Waals surface area contributed by atoms with Gasteiger partial charge in [0.2, 0.25) is 0 Å². The van der Waals surface area contributed by atoms with E-state index in [1.807, 2.05) is 0 Å². The van der Waals surface area contributed by atoms with Crippen molar-refractivity contribution in [3.8, 4) is 0 Å². The molecule has 1 aliphatic heterocycles. The maximum Gasteiger partial charge on any atom is 0.0332 e. The Kier molecular flexibility index (Phi) is 3.06. The summed E-state index contributed by atoms with van der Waals surface area (Å²) >= 11 is 7.07. The van der Waals surface area contributed by atoms with Crippen LogP contribution < -0.4 is 5.32 Å². The van der Waals surface area contributed by atoms with E-state index in [-0.39, 0.29) is 0 Å². The Balaban J connectivity index is 2.32. The minimum atomic E-state index is 0.534. The second kappa shape index (κ2) is 4.11. The van der Waals surface area contributed by atoms with Crippen LogP contribution in [0, 0.1) is 0 Å². The van der Waals surface area contributed by atoms with E-state index in [4.69, 9.17) is 0 Å². The van der Waals surface area contributed by atoms with Crippen LogP contribution in [0.15, 0.2) is 27.1 Å². The smallest absolute Gasteiger partial charge is 0.0332 e. The Bertz CT molecular complexity index is 306. The molecule has 1 aromatic rings. The van der Waals surface area contributed by atoms with E-state index in [0.29, 0.717) is 6.04 Å². The fraction of sp³-hybridized carbons (Fsp3) is 0.400. The van der Waals surface area contributed by atoms with Gasteiger partial charge in [0.25, 0.3) is 0 Å². The van der Waals surface area contributed by atoms with Crippen LogP contribution in [0.3, 0.4) is 0 Å². The van der Waals surface area contributed by atoms with E-state index in [2.05, 4.69) is 55.4 Å². The summed E-state index contributed by atoms with van der Waals surface area (Å²) in [6.07, 6.45) is 2.53. The summed E-state index contributed by atoms with van der Waals surface area (Å²) in [6.45, 7) is 1.14. The van der Waals surface area contributed by atoms with Crippen LogP contribution in [0.25, 0.3) is 0 Å². The van der Waals surface area contributed by atoms with Crippen LogP contribution in [-0.2, 0) is 0 Å². The van der Waals surface area contributed by atoms with Crippen molar-refractivity contribution >= 4 is 31.9 Å². The third kappa shape index (κ3) is 2.14. The zero-order valence-corrected chi connectivity index (χ0v) is 10.4. The SMILES string of the molecule is Brc1ccc(Br)c(C2CCCN2)c1.